The van der Waals surface area contributed by atoms with Crippen molar-refractivity contribution in [3.8, 4) is 0 Å². The molecule has 19 heavy (non-hydrogen) atoms. The predicted octanol–water partition coefficient (Wildman–Crippen LogP) is 3.41. The molecule has 3 nitrogen and oxygen atoms in total. The van der Waals surface area contributed by atoms with E-state index in [9.17, 15) is 4.79 Å². The zero-order chi connectivity index (χ0) is 13.2. The molecule has 2 aromatic carbocycles. The Morgan fingerprint density at radius 2 is 1.95 bits per heavy atom. The number of hydrogen-bond acceptors (Lipinski definition) is 2. The Kier molecular flexibility index (Phi) is 3.25. The van der Waals surface area contributed by atoms with E-state index < -0.39 is 0 Å². The number of halogens is 1. The summed E-state index contributed by atoms with van der Waals surface area (Å²) in [5.74, 6) is 0.0921. The number of fused-ring (bicyclic) bond motifs is 1. The summed E-state index contributed by atoms with van der Waals surface area (Å²) in [4.78, 5) is 13.9. The second-order valence-electron chi connectivity index (χ2n) is 4.48. The SMILES string of the molecule is O=C1CNc2ccc(Br)cc2N1Cc1ccccc1. The third-order valence-corrected chi connectivity index (χ3v) is 3.66. The minimum atomic E-state index is 0.0921. The number of anilines is 2. The molecule has 0 aliphatic carbocycles. The van der Waals surface area contributed by atoms with Gasteiger partial charge in [0.2, 0.25) is 5.91 Å². The lowest BCUT2D eigenvalue weighted by Gasteiger charge is -2.30. The maximum absolute atomic E-state index is 12.1. The Balaban J connectivity index is 1.97. The van der Waals surface area contributed by atoms with Gasteiger partial charge in [-0.3, -0.25) is 4.79 Å². The molecule has 1 heterocycles. The van der Waals surface area contributed by atoms with Crippen LogP contribution in [0.25, 0.3) is 0 Å². The normalized spacial score (nSPS) is 13.9. The Morgan fingerprint density at radius 1 is 1.16 bits per heavy atom. The summed E-state index contributed by atoms with van der Waals surface area (Å²) < 4.78 is 0.973. The second kappa shape index (κ2) is 5.05. The van der Waals surface area contributed by atoms with Crippen molar-refractivity contribution < 1.29 is 4.79 Å². The van der Waals surface area contributed by atoms with Gasteiger partial charge in [-0.05, 0) is 23.8 Å². The number of rotatable bonds is 2. The van der Waals surface area contributed by atoms with Crippen LogP contribution in [-0.4, -0.2) is 12.5 Å². The fraction of sp³-hybridized carbons (Fsp3) is 0.133. The van der Waals surface area contributed by atoms with Gasteiger partial charge >= 0.3 is 0 Å². The van der Waals surface area contributed by atoms with Crippen LogP contribution in [0.3, 0.4) is 0 Å². The summed E-state index contributed by atoms with van der Waals surface area (Å²) in [5.41, 5.74) is 3.05. The van der Waals surface area contributed by atoms with E-state index in [1.54, 1.807) is 0 Å². The Labute approximate surface area is 120 Å². The lowest BCUT2D eigenvalue weighted by molar-refractivity contribution is -0.117. The fourth-order valence-electron chi connectivity index (χ4n) is 2.22. The molecule has 3 rings (SSSR count). The van der Waals surface area contributed by atoms with Crippen LogP contribution in [0.15, 0.2) is 53.0 Å². The molecule has 0 spiro atoms. The standard InChI is InChI=1S/C15H13BrN2O/c16-12-6-7-13-14(8-12)18(15(19)9-17-13)10-11-4-2-1-3-5-11/h1-8,17H,9-10H2. The van der Waals surface area contributed by atoms with Crippen molar-refractivity contribution in [2.24, 2.45) is 0 Å². The van der Waals surface area contributed by atoms with Crippen LogP contribution in [0.2, 0.25) is 0 Å². The van der Waals surface area contributed by atoms with Crippen LogP contribution < -0.4 is 10.2 Å². The zero-order valence-electron chi connectivity index (χ0n) is 10.3. The average Bonchev–Trinajstić information content (AvgIpc) is 2.43. The van der Waals surface area contributed by atoms with E-state index >= 15 is 0 Å². The van der Waals surface area contributed by atoms with Gasteiger partial charge in [-0.1, -0.05) is 46.3 Å². The van der Waals surface area contributed by atoms with Gasteiger partial charge in [0.15, 0.2) is 0 Å². The van der Waals surface area contributed by atoms with Gasteiger partial charge in [-0.15, -0.1) is 0 Å². The van der Waals surface area contributed by atoms with Gasteiger partial charge in [-0.2, -0.15) is 0 Å². The van der Waals surface area contributed by atoms with E-state index in [0.717, 1.165) is 21.4 Å². The van der Waals surface area contributed by atoms with Gasteiger partial charge in [0.05, 0.1) is 24.5 Å². The Bertz CT molecular complexity index is 613. The highest BCUT2D eigenvalue weighted by Gasteiger charge is 2.23. The summed E-state index contributed by atoms with van der Waals surface area (Å²) in [6.45, 7) is 0.951. The van der Waals surface area contributed by atoms with Gasteiger partial charge in [0.1, 0.15) is 0 Å². The quantitative estimate of drug-likeness (QED) is 0.921. The molecule has 96 valence electrons. The highest BCUT2D eigenvalue weighted by molar-refractivity contribution is 9.10. The summed E-state index contributed by atoms with van der Waals surface area (Å²) in [6.07, 6.45) is 0. The van der Waals surface area contributed by atoms with E-state index in [0.29, 0.717) is 13.1 Å². The van der Waals surface area contributed by atoms with Crippen molar-refractivity contribution in [1.29, 1.82) is 0 Å². The van der Waals surface area contributed by atoms with Gasteiger partial charge in [-0.25, -0.2) is 0 Å². The molecule has 1 amide bonds. The molecule has 0 atom stereocenters. The van der Waals surface area contributed by atoms with Crippen molar-refractivity contribution in [3.05, 3.63) is 58.6 Å². The Morgan fingerprint density at radius 3 is 2.74 bits per heavy atom. The van der Waals surface area contributed by atoms with Crippen LogP contribution in [0.1, 0.15) is 5.56 Å². The zero-order valence-corrected chi connectivity index (χ0v) is 11.9. The molecule has 0 bridgehead atoms. The monoisotopic (exact) mass is 316 g/mol. The molecular weight excluding hydrogens is 304 g/mol. The molecule has 0 aromatic heterocycles. The summed E-state index contributed by atoms with van der Waals surface area (Å²) in [5, 5.41) is 3.14. The average molecular weight is 317 g/mol. The fourth-order valence-corrected chi connectivity index (χ4v) is 2.57. The summed E-state index contributed by atoms with van der Waals surface area (Å²) in [6, 6.07) is 16.0. The van der Waals surface area contributed by atoms with Crippen molar-refractivity contribution >= 4 is 33.2 Å². The van der Waals surface area contributed by atoms with Gasteiger partial charge in [0.25, 0.3) is 0 Å². The largest absolute Gasteiger partial charge is 0.374 e. The highest BCUT2D eigenvalue weighted by atomic mass is 79.9. The first-order chi connectivity index (χ1) is 9.24. The molecule has 0 unspecified atom stereocenters. The minimum absolute atomic E-state index is 0.0921. The third-order valence-electron chi connectivity index (χ3n) is 3.17. The number of hydrogen-bond donors (Lipinski definition) is 1. The second-order valence-corrected chi connectivity index (χ2v) is 5.40. The third kappa shape index (κ3) is 2.49. The first-order valence-corrected chi connectivity index (χ1v) is 6.91. The molecule has 1 aliphatic heterocycles. The molecule has 0 saturated carbocycles. The smallest absolute Gasteiger partial charge is 0.246 e. The van der Waals surface area contributed by atoms with Crippen molar-refractivity contribution in [2.75, 3.05) is 16.8 Å². The molecule has 0 radical (unpaired) electrons. The number of nitrogens with zero attached hydrogens (tertiary/aromatic N) is 1. The lowest BCUT2D eigenvalue weighted by atomic mass is 10.1. The molecule has 0 saturated heterocycles. The number of nitrogens with one attached hydrogen (secondary N) is 1. The lowest BCUT2D eigenvalue weighted by Crippen LogP contribution is -2.39. The van der Waals surface area contributed by atoms with Crippen molar-refractivity contribution in [3.63, 3.8) is 0 Å². The summed E-state index contributed by atoms with van der Waals surface area (Å²) >= 11 is 3.46. The topological polar surface area (TPSA) is 32.3 Å². The molecule has 1 aliphatic rings. The van der Waals surface area contributed by atoms with Crippen LogP contribution >= 0.6 is 15.9 Å². The maximum atomic E-state index is 12.1. The Hall–Kier alpha value is -1.81. The molecule has 1 N–H and O–H groups in total. The molecule has 0 fully saturated rings. The molecular formula is C15H13BrN2O. The van der Waals surface area contributed by atoms with Crippen LogP contribution in [0.5, 0.6) is 0 Å². The van der Waals surface area contributed by atoms with E-state index in [-0.39, 0.29) is 5.91 Å². The highest BCUT2D eigenvalue weighted by Crippen LogP contribution is 2.33. The van der Waals surface area contributed by atoms with Crippen LogP contribution in [-0.2, 0) is 11.3 Å². The van der Waals surface area contributed by atoms with E-state index in [4.69, 9.17) is 0 Å². The number of benzene rings is 2. The number of carbonyl (C=O) groups is 1. The van der Waals surface area contributed by atoms with Crippen LogP contribution in [0.4, 0.5) is 11.4 Å². The first-order valence-electron chi connectivity index (χ1n) is 6.12. The van der Waals surface area contributed by atoms with Crippen molar-refractivity contribution in [2.45, 2.75) is 6.54 Å². The minimum Gasteiger partial charge on any atom is -0.374 e. The van der Waals surface area contributed by atoms with E-state index in [2.05, 4.69) is 21.2 Å². The predicted molar refractivity (Wildman–Crippen MR) is 80.3 cm³/mol. The molecule has 2 aromatic rings. The van der Waals surface area contributed by atoms with Gasteiger partial charge < -0.3 is 10.2 Å². The number of carbonyl (C=O) groups excluding carboxylic acids is 1. The van der Waals surface area contributed by atoms with Crippen molar-refractivity contribution in [1.82, 2.24) is 0 Å². The van der Waals surface area contributed by atoms with Crippen LogP contribution in [0, 0.1) is 0 Å². The maximum Gasteiger partial charge on any atom is 0.246 e. The van der Waals surface area contributed by atoms with E-state index in [1.165, 1.54) is 0 Å². The first kappa shape index (κ1) is 12.2. The number of amides is 1. The summed E-state index contributed by atoms with van der Waals surface area (Å²) in [7, 11) is 0. The van der Waals surface area contributed by atoms with E-state index in [1.807, 2.05) is 53.4 Å². The van der Waals surface area contributed by atoms with Gasteiger partial charge in [0, 0.05) is 4.47 Å². The molecule has 4 heteroatoms.